The Labute approximate surface area is 280 Å². The standard InChI is InChI=1S/C36H31Cl2FN4O4/c1-3-43-30-14-11-21(34(44)45)16-29(30)40-33(43)25-19-42(18-20-7-5-8-23(15-20)47-4-2)36(31(25)24-9-6-10-27(38)32(24)39)26-13-12-22(37)17-28(26)41-35(36)46/h5-17,25,31H,3-4,18-19H2,1-2H3,(H,41,46)(H,44,45)/t25-,31+,36-/m1/s1. The Morgan fingerprint density at radius 2 is 1.89 bits per heavy atom. The molecular weight excluding hydrogens is 642 g/mol. The summed E-state index contributed by atoms with van der Waals surface area (Å²) in [6.45, 7) is 5.57. The van der Waals surface area contributed by atoms with E-state index in [4.69, 9.17) is 32.9 Å². The SMILES string of the molecule is CCOc1cccc(CN2C[C@@H](c3nc4cc(C(=O)O)ccc4n3CC)[C@H](c3cccc(Cl)c3F)[C@]23C(=O)Nc2cc(Cl)ccc23)c1. The second-order valence-electron chi connectivity index (χ2n) is 11.8. The number of halogens is 3. The Kier molecular flexibility index (Phi) is 7.94. The molecule has 3 heterocycles. The molecule has 2 aliphatic heterocycles. The number of fused-ring (bicyclic) bond motifs is 3. The maximum Gasteiger partial charge on any atom is 0.335 e. The summed E-state index contributed by atoms with van der Waals surface area (Å²) in [5, 5.41) is 13.2. The summed E-state index contributed by atoms with van der Waals surface area (Å²) in [5.41, 5.74) is 2.40. The van der Waals surface area contributed by atoms with Gasteiger partial charge in [0.2, 0.25) is 5.91 Å². The Morgan fingerprint density at radius 1 is 1.09 bits per heavy atom. The monoisotopic (exact) mass is 672 g/mol. The molecular formula is C36H31Cl2FN4O4. The fourth-order valence-electron chi connectivity index (χ4n) is 7.53. The topological polar surface area (TPSA) is 96.7 Å². The average Bonchev–Trinajstić information content (AvgIpc) is 3.67. The predicted octanol–water partition coefficient (Wildman–Crippen LogP) is 7.83. The number of aryl methyl sites for hydroxylation is 1. The van der Waals surface area contributed by atoms with E-state index in [-0.39, 0.29) is 22.1 Å². The number of carboxylic acids is 1. The van der Waals surface area contributed by atoms with Crippen molar-refractivity contribution in [2.75, 3.05) is 18.5 Å². The number of carboxylic acid groups (broad SMARTS) is 1. The number of imidazole rings is 1. The minimum absolute atomic E-state index is 0.0518. The van der Waals surface area contributed by atoms with Crippen molar-refractivity contribution < 1.29 is 23.8 Å². The van der Waals surface area contributed by atoms with Crippen molar-refractivity contribution in [2.45, 2.75) is 44.3 Å². The molecule has 0 saturated carbocycles. The van der Waals surface area contributed by atoms with Gasteiger partial charge < -0.3 is 19.7 Å². The number of benzene rings is 4. The molecule has 2 N–H and O–H groups in total. The predicted molar refractivity (Wildman–Crippen MR) is 179 cm³/mol. The molecule has 0 aliphatic carbocycles. The summed E-state index contributed by atoms with van der Waals surface area (Å²) in [5.74, 6) is -1.96. The molecule has 47 heavy (non-hydrogen) atoms. The van der Waals surface area contributed by atoms with Crippen molar-refractivity contribution in [3.8, 4) is 5.75 Å². The third-order valence-corrected chi connectivity index (χ3v) is 9.85. The highest BCUT2D eigenvalue weighted by Crippen LogP contribution is 2.60. The van der Waals surface area contributed by atoms with Crippen LogP contribution in [0, 0.1) is 5.82 Å². The van der Waals surface area contributed by atoms with Crippen LogP contribution in [0.25, 0.3) is 11.0 Å². The average molecular weight is 674 g/mol. The van der Waals surface area contributed by atoms with E-state index in [2.05, 4.69) is 10.2 Å². The molecule has 1 aromatic heterocycles. The zero-order chi connectivity index (χ0) is 33.0. The molecule has 7 rings (SSSR count). The van der Waals surface area contributed by atoms with Crippen LogP contribution in [0.15, 0.2) is 78.9 Å². The van der Waals surface area contributed by atoms with Crippen molar-refractivity contribution in [2.24, 2.45) is 0 Å². The summed E-state index contributed by atoms with van der Waals surface area (Å²) < 4.78 is 24.2. The number of amides is 1. The smallest absolute Gasteiger partial charge is 0.335 e. The summed E-state index contributed by atoms with van der Waals surface area (Å²) in [6, 6.07) is 22.7. The fraction of sp³-hybridized carbons (Fsp3) is 0.250. The molecule has 1 spiro atoms. The highest BCUT2D eigenvalue weighted by atomic mass is 35.5. The number of aromatic nitrogens is 2. The van der Waals surface area contributed by atoms with Crippen molar-refractivity contribution >= 4 is 51.8 Å². The maximum atomic E-state index is 16.4. The first-order chi connectivity index (χ1) is 22.7. The number of carbonyl (C=O) groups is 2. The molecule has 0 unspecified atom stereocenters. The first-order valence-corrected chi connectivity index (χ1v) is 16.2. The third kappa shape index (κ3) is 4.96. The van der Waals surface area contributed by atoms with Crippen LogP contribution in [0.2, 0.25) is 10.0 Å². The lowest BCUT2D eigenvalue weighted by Crippen LogP contribution is -2.49. The number of nitrogens with zero attached hydrogens (tertiary/aromatic N) is 3. The molecule has 1 fully saturated rings. The van der Waals surface area contributed by atoms with Gasteiger partial charge in [-0.25, -0.2) is 14.2 Å². The molecule has 2 aliphatic rings. The van der Waals surface area contributed by atoms with Crippen LogP contribution in [0.1, 0.15) is 58.6 Å². The normalized spacial score (nSPS) is 20.6. The molecule has 1 saturated heterocycles. The molecule has 0 radical (unpaired) electrons. The number of hydrogen-bond acceptors (Lipinski definition) is 5. The lowest BCUT2D eigenvalue weighted by molar-refractivity contribution is -0.127. The van der Waals surface area contributed by atoms with E-state index in [1.54, 1.807) is 42.5 Å². The minimum Gasteiger partial charge on any atom is -0.494 e. The van der Waals surface area contributed by atoms with Crippen molar-refractivity contribution in [3.05, 3.63) is 123 Å². The van der Waals surface area contributed by atoms with Crippen LogP contribution in [-0.2, 0) is 23.4 Å². The van der Waals surface area contributed by atoms with E-state index in [1.807, 2.05) is 48.7 Å². The highest BCUT2D eigenvalue weighted by Gasteiger charge is 2.64. The quantitative estimate of drug-likeness (QED) is 0.174. The molecule has 8 nitrogen and oxygen atoms in total. The molecule has 0 bridgehead atoms. The number of ether oxygens (including phenoxy) is 1. The van der Waals surface area contributed by atoms with E-state index >= 15 is 4.39 Å². The number of nitrogens with one attached hydrogen (secondary N) is 1. The fourth-order valence-corrected chi connectivity index (χ4v) is 7.88. The number of aromatic carboxylic acids is 1. The molecule has 11 heteroatoms. The molecule has 240 valence electrons. The molecule has 5 aromatic rings. The number of anilines is 1. The van der Waals surface area contributed by atoms with Crippen molar-refractivity contribution in [1.29, 1.82) is 0 Å². The highest BCUT2D eigenvalue weighted by molar-refractivity contribution is 6.31. The van der Waals surface area contributed by atoms with Gasteiger partial charge in [0, 0.05) is 47.7 Å². The van der Waals surface area contributed by atoms with Gasteiger partial charge in [-0.1, -0.05) is 53.5 Å². The van der Waals surface area contributed by atoms with Crippen LogP contribution in [0.3, 0.4) is 0 Å². The van der Waals surface area contributed by atoms with Crippen LogP contribution < -0.4 is 10.1 Å². The summed E-state index contributed by atoms with van der Waals surface area (Å²) in [6.07, 6.45) is 0. The largest absolute Gasteiger partial charge is 0.494 e. The van der Waals surface area contributed by atoms with Crippen molar-refractivity contribution in [1.82, 2.24) is 14.5 Å². The van der Waals surface area contributed by atoms with Crippen LogP contribution in [0.5, 0.6) is 5.75 Å². The number of rotatable bonds is 8. The van der Waals surface area contributed by atoms with E-state index in [0.717, 1.165) is 11.1 Å². The second kappa shape index (κ2) is 12.0. The Hall–Kier alpha value is -4.44. The zero-order valence-corrected chi connectivity index (χ0v) is 27.1. The second-order valence-corrected chi connectivity index (χ2v) is 12.7. The summed E-state index contributed by atoms with van der Waals surface area (Å²) in [4.78, 5) is 33.6. The van der Waals surface area contributed by atoms with Crippen molar-refractivity contribution in [3.63, 3.8) is 0 Å². The Morgan fingerprint density at radius 3 is 2.66 bits per heavy atom. The number of likely N-dealkylation sites (tertiary alicyclic amines) is 1. The van der Waals surface area contributed by atoms with E-state index in [0.29, 0.717) is 59.6 Å². The lowest BCUT2D eigenvalue weighted by atomic mass is 9.71. The van der Waals surface area contributed by atoms with Gasteiger partial charge in [0.05, 0.1) is 28.2 Å². The van der Waals surface area contributed by atoms with Gasteiger partial charge >= 0.3 is 5.97 Å². The van der Waals surface area contributed by atoms with Crippen LogP contribution in [-0.4, -0.2) is 44.6 Å². The van der Waals surface area contributed by atoms with Gasteiger partial charge in [0.15, 0.2) is 0 Å². The van der Waals surface area contributed by atoms with Gasteiger partial charge in [-0.3, -0.25) is 9.69 Å². The van der Waals surface area contributed by atoms with Gasteiger partial charge in [0.25, 0.3) is 0 Å². The Bertz CT molecular complexity index is 2070. The third-order valence-electron chi connectivity index (χ3n) is 9.33. The summed E-state index contributed by atoms with van der Waals surface area (Å²) in [7, 11) is 0. The lowest BCUT2D eigenvalue weighted by Gasteiger charge is -2.38. The van der Waals surface area contributed by atoms with E-state index in [1.165, 1.54) is 6.07 Å². The number of carbonyl (C=O) groups excluding carboxylic acids is 1. The minimum atomic E-state index is -1.39. The van der Waals surface area contributed by atoms with Gasteiger partial charge in [-0.2, -0.15) is 0 Å². The Balaban J connectivity index is 1.51. The van der Waals surface area contributed by atoms with Gasteiger partial charge in [0.1, 0.15) is 22.9 Å². The first-order valence-electron chi connectivity index (χ1n) is 15.4. The number of hydrogen-bond donors (Lipinski definition) is 2. The van der Waals surface area contributed by atoms with Crippen LogP contribution in [0.4, 0.5) is 10.1 Å². The first kappa shape index (κ1) is 31.2. The summed E-state index contributed by atoms with van der Waals surface area (Å²) >= 11 is 12.8. The molecule has 1 amide bonds. The van der Waals surface area contributed by atoms with Crippen LogP contribution >= 0.6 is 23.2 Å². The van der Waals surface area contributed by atoms with Gasteiger partial charge in [-0.15, -0.1) is 0 Å². The molecule has 3 atom stereocenters. The maximum absolute atomic E-state index is 16.4. The van der Waals surface area contributed by atoms with Gasteiger partial charge in [-0.05, 0) is 73.5 Å². The molecule has 4 aromatic carbocycles. The van der Waals surface area contributed by atoms with E-state index in [9.17, 15) is 14.7 Å². The zero-order valence-electron chi connectivity index (χ0n) is 25.6. The van der Waals surface area contributed by atoms with E-state index < -0.39 is 29.2 Å².